The Kier molecular flexibility index (Phi) is 3.87. The normalized spacial score (nSPS) is 11.3. The van der Waals surface area contributed by atoms with Gasteiger partial charge in [0.15, 0.2) is 5.65 Å². The summed E-state index contributed by atoms with van der Waals surface area (Å²) in [4.78, 5) is 8.86. The Balaban J connectivity index is 1.92. The predicted octanol–water partition coefficient (Wildman–Crippen LogP) is 5.33. The molecule has 2 aromatic carbocycles. The van der Waals surface area contributed by atoms with Gasteiger partial charge in [0.25, 0.3) is 0 Å². The highest BCUT2D eigenvalue weighted by molar-refractivity contribution is 7.98. The largest absolute Gasteiger partial charge is 0.230 e. The van der Waals surface area contributed by atoms with Gasteiger partial charge in [0.05, 0.1) is 16.6 Å². The second-order valence-electron chi connectivity index (χ2n) is 6.24. The minimum Gasteiger partial charge on any atom is -0.230 e. The Labute approximate surface area is 160 Å². The molecule has 0 amide bonds. The minimum atomic E-state index is 0.719. The van der Waals surface area contributed by atoms with Gasteiger partial charge in [0, 0.05) is 5.56 Å². The van der Waals surface area contributed by atoms with Crippen LogP contribution in [0.5, 0.6) is 0 Å². The Morgan fingerprint density at radius 3 is 2.19 bits per heavy atom. The van der Waals surface area contributed by atoms with E-state index in [-0.39, 0.29) is 0 Å². The van der Waals surface area contributed by atoms with E-state index >= 15 is 0 Å². The molecule has 0 N–H and O–H groups in total. The SMILES string of the molecule is CSc1ncnc2nn3c(-c4ccccc4)cc(-c4ccccc4)cc3c12. The third-order valence-electron chi connectivity index (χ3n) is 4.65. The molecule has 0 atom stereocenters. The first-order valence-corrected chi connectivity index (χ1v) is 9.90. The van der Waals surface area contributed by atoms with Crippen molar-refractivity contribution < 1.29 is 0 Å². The van der Waals surface area contributed by atoms with E-state index in [9.17, 15) is 0 Å². The molecule has 0 aliphatic carbocycles. The van der Waals surface area contributed by atoms with Crippen molar-refractivity contribution in [3.05, 3.63) is 79.1 Å². The fraction of sp³-hybridized carbons (Fsp3) is 0.0455. The second kappa shape index (κ2) is 6.52. The van der Waals surface area contributed by atoms with E-state index < -0.39 is 0 Å². The second-order valence-corrected chi connectivity index (χ2v) is 7.03. The molecule has 0 fully saturated rings. The smallest absolute Gasteiger partial charge is 0.186 e. The van der Waals surface area contributed by atoms with Crippen LogP contribution in [0.15, 0.2) is 84.1 Å². The number of hydrogen-bond acceptors (Lipinski definition) is 4. The summed E-state index contributed by atoms with van der Waals surface area (Å²) in [6.45, 7) is 0. The van der Waals surface area contributed by atoms with Gasteiger partial charge in [0.2, 0.25) is 0 Å². The Morgan fingerprint density at radius 2 is 1.48 bits per heavy atom. The number of hydrogen-bond donors (Lipinski definition) is 0. The summed E-state index contributed by atoms with van der Waals surface area (Å²) < 4.78 is 1.99. The first-order valence-electron chi connectivity index (χ1n) is 8.67. The molecule has 4 nitrogen and oxygen atoms in total. The third kappa shape index (κ3) is 2.67. The maximum atomic E-state index is 4.79. The number of benzene rings is 2. The van der Waals surface area contributed by atoms with Crippen LogP contribution >= 0.6 is 11.8 Å². The molecule has 0 unspecified atom stereocenters. The van der Waals surface area contributed by atoms with Crippen LogP contribution in [0.4, 0.5) is 0 Å². The Hall–Kier alpha value is -3.18. The summed E-state index contributed by atoms with van der Waals surface area (Å²) in [5, 5.41) is 6.73. The number of fused-ring (bicyclic) bond motifs is 3. The molecule has 27 heavy (non-hydrogen) atoms. The molecule has 0 spiro atoms. The standard InChI is InChI=1S/C22H16N4S/c1-27-22-20-19-13-17(15-8-4-2-5-9-15)12-18(16-10-6-3-7-11-16)26(19)25-21(20)23-14-24-22/h2-14H,1H3. The lowest BCUT2D eigenvalue weighted by molar-refractivity contribution is 0.975. The molecule has 130 valence electrons. The molecule has 5 rings (SSSR count). The molecule has 3 heterocycles. The molecular weight excluding hydrogens is 352 g/mol. The van der Waals surface area contributed by atoms with Crippen molar-refractivity contribution >= 4 is 28.3 Å². The summed E-state index contributed by atoms with van der Waals surface area (Å²) in [7, 11) is 0. The average Bonchev–Trinajstić information content (AvgIpc) is 3.13. The van der Waals surface area contributed by atoms with E-state index in [0.717, 1.165) is 38.4 Å². The molecule has 5 heteroatoms. The van der Waals surface area contributed by atoms with E-state index in [1.165, 1.54) is 5.56 Å². The zero-order valence-electron chi connectivity index (χ0n) is 14.7. The van der Waals surface area contributed by atoms with E-state index in [0.29, 0.717) is 0 Å². The van der Waals surface area contributed by atoms with Crippen LogP contribution in [0.25, 0.3) is 38.9 Å². The van der Waals surface area contributed by atoms with Gasteiger partial charge in [-0.05, 0) is 29.5 Å². The van der Waals surface area contributed by atoms with E-state index in [4.69, 9.17) is 5.10 Å². The van der Waals surface area contributed by atoms with Crippen molar-refractivity contribution in [2.45, 2.75) is 5.03 Å². The zero-order valence-corrected chi connectivity index (χ0v) is 15.5. The molecule has 5 aromatic rings. The molecule has 0 aliphatic heterocycles. The van der Waals surface area contributed by atoms with Crippen molar-refractivity contribution in [1.29, 1.82) is 0 Å². The van der Waals surface area contributed by atoms with Crippen molar-refractivity contribution in [2.75, 3.05) is 6.26 Å². The van der Waals surface area contributed by atoms with Crippen molar-refractivity contribution in [2.24, 2.45) is 0 Å². The van der Waals surface area contributed by atoms with Crippen LogP contribution in [0.1, 0.15) is 0 Å². The van der Waals surface area contributed by atoms with Crippen LogP contribution in [0.3, 0.4) is 0 Å². The van der Waals surface area contributed by atoms with Gasteiger partial charge in [-0.25, -0.2) is 14.5 Å². The summed E-state index contributed by atoms with van der Waals surface area (Å²) in [6, 6.07) is 25.1. The Morgan fingerprint density at radius 1 is 0.778 bits per heavy atom. The van der Waals surface area contributed by atoms with E-state index in [2.05, 4.69) is 58.5 Å². The van der Waals surface area contributed by atoms with Crippen LogP contribution in [-0.2, 0) is 0 Å². The van der Waals surface area contributed by atoms with Gasteiger partial charge in [-0.2, -0.15) is 0 Å². The maximum Gasteiger partial charge on any atom is 0.186 e. The quantitative estimate of drug-likeness (QED) is 0.319. The molecule has 3 aromatic heterocycles. The lowest BCUT2D eigenvalue weighted by atomic mass is 10.0. The first kappa shape index (κ1) is 16.0. The summed E-state index contributed by atoms with van der Waals surface area (Å²) >= 11 is 1.62. The highest BCUT2D eigenvalue weighted by Crippen LogP contribution is 2.34. The topological polar surface area (TPSA) is 43.1 Å². The summed E-state index contributed by atoms with van der Waals surface area (Å²) in [5.74, 6) is 0. The molecule has 0 radical (unpaired) electrons. The molecule has 0 saturated carbocycles. The molecule has 0 bridgehead atoms. The van der Waals surface area contributed by atoms with Crippen LogP contribution < -0.4 is 0 Å². The highest BCUT2D eigenvalue weighted by atomic mass is 32.2. The monoisotopic (exact) mass is 368 g/mol. The molecular formula is C22H16N4S. The summed E-state index contributed by atoms with van der Waals surface area (Å²) in [5.41, 5.74) is 6.23. The fourth-order valence-corrected chi connectivity index (χ4v) is 3.95. The Bertz CT molecular complexity index is 1250. The van der Waals surface area contributed by atoms with Gasteiger partial charge >= 0.3 is 0 Å². The van der Waals surface area contributed by atoms with Gasteiger partial charge in [-0.1, -0.05) is 60.7 Å². The summed E-state index contributed by atoms with van der Waals surface area (Å²) in [6.07, 6.45) is 3.62. The number of nitrogens with zero attached hydrogens (tertiary/aromatic N) is 4. The van der Waals surface area contributed by atoms with Gasteiger partial charge < -0.3 is 0 Å². The number of thioether (sulfide) groups is 1. The highest BCUT2D eigenvalue weighted by Gasteiger charge is 2.16. The number of rotatable bonds is 3. The van der Waals surface area contributed by atoms with Crippen molar-refractivity contribution in [1.82, 2.24) is 19.6 Å². The van der Waals surface area contributed by atoms with Crippen LogP contribution in [0.2, 0.25) is 0 Å². The third-order valence-corrected chi connectivity index (χ3v) is 5.35. The number of pyridine rings is 1. The van der Waals surface area contributed by atoms with Gasteiger partial charge in [0.1, 0.15) is 11.4 Å². The predicted molar refractivity (Wildman–Crippen MR) is 111 cm³/mol. The minimum absolute atomic E-state index is 0.719. The van der Waals surface area contributed by atoms with E-state index in [1.54, 1.807) is 18.1 Å². The van der Waals surface area contributed by atoms with Crippen LogP contribution in [-0.4, -0.2) is 25.8 Å². The zero-order chi connectivity index (χ0) is 18.2. The van der Waals surface area contributed by atoms with Crippen molar-refractivity contribution in [3.8, 4) is 22.4 Å². The first-order chi connectivity index (χ1) is 13.3. The maximum absolute atomic E-state index is 4.79. The molecule has 0 saturated heterocycles. The number of aromatic nitrogens is 4. The lowest BCUT2D eigenvalue weighted by Crippen LogP contribution is -1.95. The average molecular weight is 368 g/mol. The lowest BCUT2D eigenvalue weighted by Gasteiger charge is -2.10. The van der Waals surface area contributed by atoms with Crippen molar-refractivity contribution in [3.63, 3.8) is 0 Å². The fourth-order valence-electron chi connectivity index (χ4n) is 3.40. The van der Waals surface area contributed by atoms with E-state index in [1.807, 2.05) is 35.0 Å². The van der Waals surface area contributed by atoms with Gasteiger partial charge in [-0.3, -0.25) is 0 Å². The van der Waals surface area contributed by atoms with Crippen LogP contribution in [0, 0.1) is 0 Å². The molecule has 0 aliphatic rings. The van der Waals surface area contributed by atoms with Gasteiger partial charge in [-0.15, -0.1) is 16.9 Å².